The van der Waals surface area contributed by atoms with E-state index < -0.39 is 0 Å². The van der Waals surface area contributed by atoms with E-state index in [1.807, 2.05) is 24.3 Å². The first-order chi connectivity index (χ1) is 11.7. The topological polar surface area (TPSA) is 29.1 Å². The fourth-order valence-corrected chi connectivity index (χ4v) is 2.72. The van der Waals surface area contributed by atoms with Crippen LogP contribution in [0, 0.1) is 6.92 Å². The fourth-order valence-electron chi connectivity index (χ4n) is 2.72. The van der Waals surface area contributed by atoms with Gasteiger partial charge >= 0.3 is 0 Å². The van der Waals surface area contributed by atoms with Crippen LogP contribution in [-0.4, -0.2) is 5.91 Å². The van der Waals surface area contributed by atoms with Crippen LogP contribution in [0.2, 0.25) is 0 Å². The van der Waals surface area contributed by atoms with Crippen LogP contribution in [0.15, 0.2) is 48.5 Å². The van der Waals surface area contributed by atoms with E-state index in [1.54, 1.807) is 12.1 Å². The molecular weight excluding hydrogens is 294 g/mol. The Morgan fingerprint density at radius 1 is 0.875 bits per heavy atom. The number of amides is 1. The number of anilines is 1. The van der Waals surface area contributed by atoms with Crippen LogP contribution in [0.4, 0.5) is 5.69 Å². The zero-order valence-corrected chi connectivity index (χ0v) is 14.7. The molecule has 0 aliphatic heterocycles. The quantitative estimate of drug-likeness (QED) is 0.562. The maximum atomic E-state index is 12.2. The maximum absolute atomic E-state index is 12.2. The summed E-state index contributed by atoms with van der Waals surface area (Å²) in [7, 11) is 0. The standard InChI is InChI=1S/C22H28NO/c1-3-4-5-6-7-8-9-19-12-16-21(17-13-19)23-22(24)20-14-10-18(2)11-15-20/h10-17H,2-9H2,1H3,(H,23,24). The molecule has 2 aromatic carbocycles. The van der Waals surface area contributed by atoms with Crippen molar-refractivity contribution in [3.63, 3.8) is 0 Å². The molecule has 0 atom stereocenters. The molecule has 2 rings (SSSR count). The van der Waals surface area contributed by atoms with Gasteiger partial charge < -0.3 is 5.32 Å². The molecule has 24 heavy (non-hydrogen) atoms. The summed E-state index contributed by atoms with van der Waals surface area (Å²) >= 11 is 0. The molecule has 2 heteroatoms. The molecule has 127 valence electrons. The number of unbranched alkanes of at least 4 members (excludes halogenated alkanes) is 5. The summed E-state index contributed by atoms with van der Waals surface area (Å²) in [6.45, 7) is 6.07. The van der Waals surface area contributed by atoms with Crippen molar-refractivity contribution in [3.8, 4) is 0 Å². The van der Waals surface area contributed by atoms with Crippen LogP contribution in [0.1, 0.15) is 66.9 Å². The van der Waals surface area contributed by atoms with Crippen molar-refractivity contribution in [1.29, 1.82) is 0 Å². The molecule has 2 nitrogen and oxygen atoms in total. The smallest absolute Gasteiger partial charge is 0.255 e. The number of benzene rings is 2. The van der Waals surface area contributed by atoms with E-state index >= 15 is 0 Å². The van der Waals surface area contributed by atoms with Gasteiger partial charge in [-0.1, -0.05) is 63.3 Å². The average Bonchev–Trinajstić information content (AvgIpc) is 2.60. The summed E-state index contributed by atoms with van der Waals surface area (Å²) in [5.41, 5.74) is 3.74. The first-order valence-corrected chi connectivity index (χ1v) is 9.01. The van der Waals surface area contributed by atoms with Gasteiger partial charge in [-0.05, 0) is 55.2 Å². The number of nitrogens with one attached hydrogen (secondary N) is 1. The number of hydrogen-bond donors (Lipinski definition) is 1. The number of aryl methyl sites for hydroxylation is 1. The predicted molar refractivity (Wildman–Crippen MR) is 102 cm³/mol. The lowest BCUT2D eigenvalue weighted by atomic mass is 10.0. The normalized spacial score (nSPS) is 10.6. The minimum atomic E-state index is -0.0846. The highest BCUT2D eigenvalue weighted by atomic mass is 16.1. The van der Waals surface area contributed by atoms with Gasteiger partial charge in [0, 0.05) is 11.3 Å². The summed E-state index contributed by atoms with van der Waals surface area (Å²) in [5, 5.41) is 2.94. The second kappa shape index (κ2) is 9.92. The summed E-state index contributed by atoms with van der Waals surface area (Å²) in [6, 6.07) is 15.5. The monoisotopic (exact) mass is 322 g/mol. The van der Waals surface area contributed by atoms with Crippen molar-refractivity contribution in [2.45, 2.75) is 51.9 Å². The number of rotatable bonds is 9. The van der Waals surface area contributed by atoms with E-state index in [2.05, 4.69) is 31.3 Å². The fraction of sp³-hybridized carbons (Fsp3) is 0.364. The first-order valence-electron chi connectivity index (χ1n) is 9.01. The van der Waals surface area contributed by atoms with Gasteiger partial charge in [0.05, 0.1) is 0 Å². The molecule has 0 aliphatic carbocycles. The van der Waals surface area contributed by atoms with Crippen molar-refractivity contribution in [1.82, 2.24) is 0 Å². The summed E-state index contributed by atoms with van der Waals surface area (Å²) < 4.78 is 0. The second-order valence-corrected chi connectivity index (χ2v) is 6.37. The van der Waals surface area contributed by atoms with Gasteiger partial charge in [-0.15, -0.1) is 0 Å². The van der Waals surface area contributed by atoms with Crippen LogP contribution < -0.4 is 5.32 Å². The molecule has 0 bridgehead atoms. The van der Waals surface area contributed by atoms with Gasteiger partial charge in [-0.3, -0.25) is 4.79 Å². The van der Waals surface area contributed by atoms with Gasteiger partial charge in [-0.25, -0.2) is 0 Å². The lowest BCUT2D eigenvalue weighted by Gasteiger charge is -2.07. The van der Waals surface area contributed by atoms with Crippen molar-refractivity contribution in [2.75, 3.05) is 5.32 Å². The predicted octanol–water partition coefficient (Wildman–Crippen LogP) is 6.02. The number of hydrogen-bond acceptors (Lipinski definition) is 1. The van der Waals surface area contributed by atoms with Crippen LogP contribution >= 0.6 is 0 Å². The average molecular weight is 322 g/mol. The number of carbonyl (C=O) groups excluding carboxylic acids is 1. The Bertz CT molecular complexity index is 613. The largest absolute Gasteiger partial charge is 0.322 e. The Kier molecular flexibility index (Phi) is 7.54. The molecule has 0 unspecified atom stereocenters. The maximum Gasteiger partial charge on any atom is 0.255 e. The molecule has 0 aromatic heterocycles. The molecule has 1 amide bonds. The second-order valence-electron chi connectivity index (χ2n) is 6.37. The van der Waals surface area contributed by atoms with Crippen LogP contribution in [0.25, 0.3) is 0 Å². The Labute approximate surface area is 146 Å². The zero-order valence-electron chi connectivity index (χ0n) is 14.7. The third-order valence-corrected chi connectivity index (χ3v) is 4.25. The zero-order chi connectivity index (χ0) is 17.2. The van der Waals surface area contributed by atoms with Gasteiger partial charge in [0.2, 0.25) is 0 Å². The van der Waals surface area contributed by atoms with Crippen molar-refractivity contribution < 1.29 is 4.79 Å². The van der Waals surface area contributed by atoms with Gasteiger partial charge in [0.1, 0.15) is 0 Å². The Hall–Kier alpha value is -2.09. The van der Waals surface area contributed by atoms with E-state index in [0.717, 1.165) is 17.7 Å². The summed E-state index contributed by atoms with van der Waals surface area (Å²) in [5.74, 6) is -0.0846. The third kappa shape index (κ3) is 6.19. The lowest BCUT2D eigenvalue weighted by Crippen LogP contribution is -2.11. The minimum Gasteiger partial charge on any atom is -0.322 e. The summed E-state index contributed by atoms with van der Waals surface area (Å²) in [4.78, 5) is 12.2. The molecule has 2 aromatic rings. The molecule has 0 saturated heterocycles. The minimum absolute atomic E-state index is 0.0846. The van der Waals surface area contributed by atoms with Crippen molar-refractivity contribution >= 4 is 11.6 Å². The lowest BCUT2D eigenvalue weighted by molar-refractivity contribution is 0.102. The van der Waals surface area contributed by atoms with Gasteiger partial charge in [-0.2, -0.15) is 0 Å². The van der Waals surface area contributed by atoms with E-state index in [9.17, 15) is 4.79 Å². The van der Waals surface area contributed by atoms with Gasteiger partial charge in [0.15, 0.2) is 0 Å². The highest BCUT2D eigenvalue weighted by Crippen LogP contribution is 2.15. The van der Waals surface area contributed by atoms with Crippen LogP contribution in [0.3, 0.4) is 0 Å². The van der Waals surface area contributed by atoms with Crippen LogP contribution in [0.5, 0.6) is 0 Å². The molecule has 0 saturated carbocycles. The Balaban J connectivity index is 1.77. The molecule has 1 N–H and O–H groups in total. The van der Waals surface area contributed by atoms with Crippen molar-refractivity contribution in [3.05, 3.63) is 72.1 Å². The Morgan fingerprint density at radius 2 is 1.50 bits per heavy atom. The first kappa shape index (κ1) is 18.3. The molecule has 0 fully saturated rings. The Morgan fingerprint density at radius 3 is 2.17 bits per heavy atom. The molecule has 0 spiro atoms. The van der Waals surface area contributed by atoms with E-state index in [-0.39, 0.29) is 5.91 Å². The van der Waals surface area contributed by atoms with E-state index in [4.69, 9.17) is 0 Å². The summed E-state index contributed by atoms with van der Waals surface area (Å²) in [6.07, 6.45) is 9.02. The molecular formula is C22H28NO. The molecule has 1 radical (unpaired) electrons. The SMILES string of the molecule is [CH2]c1ccc(C(=O)Nc2ccc(CCCCCCCC)cc2)cc1. The molecule has 0 aliphatic rings. The number of carbonyl (C=O) groups is 1. The third-order valence-electron chi connectivity index (χ3n) is 4.25. The highest BCUT2D eigenvalue weighted by Gasteiger charge is 2.05. The van der Waals surface area contributed by atoms with Gasteiger partial charge in [0.25, 0.3) is 5.91 Å². The van der Waals surface area contributed by atoms with Crippen molar-refractivity contribution in [2.24, 2.45) is 0 Å². The van der Waals surface area contributed by atoms with E-state index in [1.165, 1.54) is 44.1 Å². The molecule has 0 heterocycles. The van der Waals surface area contributed by atoms with E-state index in [0.29, 0.717) is 5.56 Å². The van der Waals surface area contributed by atoms with Crippen LogP contribution in [-0.2, 0) is 6.42 Å². The highest BCUT2D eigenvalue weighted by molar-refractivity contribution is 6.04.